The minimum atomic E-state index is 0.322. The lowest BCUT2D eigenvalue weighted by Crippen LogP contribution is -2.28. The van der Waals surface area contributed by atoms with Crippen molar-refractivity contribution in [1.82, 2.24) is 5.01 Å². The zero-order valence-electron chi connectivity index (χ0n) is 10.9. The van der Waals surface area contributed by atoms with E-state index in [9.17, 15) is 0 Å². The number of hydrazone groups is 1. The van der Waals surface area contributed by atoms with Gasteiger partial charge in [-0.05, 0) is 12.8 Å². The van der Waals surface area contributed by atoms with E-state index in [0.717, 1.165) is 18.9 Å². The summed E-state index contributed by atoms with van der Waals surface area (Å²) < 4.78 is 5.52. The lowest BCUT2D eigenvalue weighted by atomic mass is 10.2. The minimum absolute atomic E-state index is 0.322. The van der Waals surface area contributed by atoms with Crippen LogP contribution in [0.2, 0.25) is 0 Å². The normalized spacial score (nSPS) is 22.2. The van der Waals surface area contributed by atoms with Crippen molar-refractivity contribution in [2.24, 2.45) is 5.10 Å². The Morgan fingerprint density at radius 1 is 1.50 bits per heavy atom. The van der Waals surface area contributed by atoms with Crippen molar-refractivity contribution in [1.29, 1.82) is 0 Å². The SMILES string of the molecule is COCC1CCCN1/N=C/CSC(C)(C)C. The van der Waals surface area contributed by atoms with Crippen LogP contribution in [0.4, 0.5) is 0 Å². The highest BCUT2D eigenvalue weighted by Gasteiger charge is 2.22. The molecule has 0 aromatic rings. The molecule has 4 heteroatoms. The van der Waals surface area contributed by atoms with Crippen molar-refractivity contribution in [3.63, 3.8) is 0 Å². The number of hydrogen-bond acceptors (Lipinski definition) is 4. The highest BCUT2D eigenvalue weighted by molar-refractivity contribution is 8.01. The molecule has 1 heterocycles. The molecule has 1 rings (SSSR count). The van der Waals surface area contributed by atoms with Crippen LogP contribution in [0.5, 0.6) is 0 Å². The Bertz CT molecular complexity index is 226. The first-order valence-electron chi connectivity index (χ1n) is 5.95. The molecule has 0 N–H and O–H groups in total. The van der Waals surface area contributed by atoms with Gasteiger partial charge in [0.2, 0.25) is 0 Å². The molecule has 1 aliphatic rings. The van der Waals surface area contributed by atoms with Crippen LogP contribution in [0.3, 0.4) is 0 Å². The molecule has 0 spiro atoms. The topological polar surface area (TPSA) is 24.8 Å². The van der Waals surface area contributed by atoms with E-state index in [4.69, 9.17) is 4.74 Å². The number of hydrogen-bond donors (Lipinski definition) is 0. The van der Waals surface area contributed by atoms with Crippen LogP contribution in [0.15, 0.2) is 5.10 Å². The lowest BCUT2D eigenvalue weighted by molar-refractivity contribution is 0.118. The first-order valence-corrected chi connectivity index (χ1v) is 6.93. The van der Waals surface area contributed by atoms with Gasteiger partial charge in [0, 0.05) is 30.4 Å². The molecule has 1 fully saturated rings. The van der Waals surface area contributed by atoms with Gasteiger partial charge in [0.25, 0.3) is 0 Å². The summed E-state index contributed by atoms with van der Waals surface area (Å²) in [5.74, 6) is 0.986. The van der Waals surface area contributed by atoms with E-state index in [1.807, 2.05) is 18.0 Å². The Balaban J connectivity index is 2.27. The fourth-order valence-electron chi connectivity index (χ4n) is 1.76. The van der Waals surface area contributed by atoms with Gasteiger partial charge in [-0.15, -0.1) is 0 Å². The molecule has 0 aliphatic carbocycles. The Morgan fingerprint density at radius 2 is 2.25 bits per heavy atom. The minimum Gasteiger partial charge on any atom is -0.382 e. The molecule has 1 saturated heterocycles. The van der Waals surface area contributed by atoms with E-state index >= 15 is 0 Å². The van der Waals surface area contributed by atoms with Crippen molar-refractivity contribution < 1.29 is 4.74 Å². The van der Waals surface area contributed by atoms with Crippen molar-refractivity contribution in [3.05, 3.63) is 0 Å². The maximum atomic E-state index is 5.20. The highest BCUT2D eigenvalue weighted by atomic mass is 32.2. The highest BCUT2D eigenvalue weighted by Crippen LogP contribution is 2.22. The van der Waals surface area contributed by atoms with E-state index < -0.39 is 0 Å². The summed E-state index contributed by atoms with van der Waals surface area (Å²) in [4.78, 5) is 0. The average Bonchev–Trinajstić information content (AvgIpc) is 2.60. The first kappa shape index (κ1) is 13.8. The average molecular weight is 244 g/mol. The van der Waals surface area contributed by atoms with Gasteiger partial charge in [0.1, 0.15) is 0 Å². The predicted molar refractivity (Wildman–Crippen MR) is 72.3 cm³/mol. The lowest BCUT2D eigenvalue weighted by Gasteiger charge is -2.21. The second kappa shape index (κ2) is 6.50. The zero-order valence-corrected chi connectivity index (χ0v) is 11.7. The molecule has 0 radical (unpaired) electrons. The molecule has 1 unspecified atom stereocenters. The van der Waals surface area contributed by atoms with Crippen LogP contribution >= 0.6 is 11.8 Å². The number of methoxy groups -OCH3 is 1. The van der Waals surface area contributed by atoms with Crippen LogP contribution < -0.4 is 0 Å². The third-order valence-electron chi connectivity index (χ3n) is 2.53. The first-order chi connectivity index (χ1) is 7.53. The van der Waals surface area contributed by atoms with E-state index in [-0.39, 0.29) is 0 Å². The second-order valence-corrected chi connectivity index (χ2v) is 6.98. The van der Waals surface area contributed by atoms with Gasteiger partial charge < -0.3 is 4.74 Å². The zero-order chi connectivity index (χ0) is 12.0. The third-order valence-corrected chi connectivity index (χ3v) is 3.71. The third kappa shape index (κ3) is 5.21. The number of rotatable bonds is 5. The Morgan fingerprint density at radius 3 is 2.88 bits per heavy atom. The van der Waals surface area contributed by atoms with Gasteiger partial charge in [-0.3, -0.25) is 5.01 Å². The number of ether oxygens (including phenoxy) is 1. The molecule has 94 valence electrons. The largest absolute Gasteiger partial charge is 0.382 e. The summed E-state index contributed by atoms with van der Waals surface area (Å²) in [5.41, 5.74) is 0. The second-order valence-electron chi connectivity index (χ2n) is 5.14. The fraction of sp³-hybridized carbons (Fsp3) is 0.917. The van der Waals surface area contributed by atoms with Crippen LogP contribution in [-0.2, 0) is 4.74 Å². The maximum absolute atomic E-state index is 5.20. The van der Waals surface area contributed by atoms with Crippen LogP contribution in [-0.4, -0.2) is 48.0 Å². The fourth-order valence-corrected chi connectivity index (χ4v) is 2.40. The Labute approximate surface area is 104 Å². The molecule has 1 aliphatic heterocycles. The molecule has 0 amide bonds. The Hall–Kier alpha value is -0.220. The summed E-state index contributed by atoms with van der Waals surface area (Å²) >= 11 is 1.92. The van der Waals surface area contributed by atoms with Gasteiger partial charge in [-0.25, -0.2) is 0 Å². The Kier molecular flexibility index (Phi) is 5.62. The molecular formula is C12H24N2OS. The van der Waals surface area contributed by atoms with Crippen molar-refractivity contribution in [3.8, 4) is 0 Å². The standard InChI is InChI=1S/C12H24N2OS/c1-12(2,3)16-9-7-13-14-8-5-6-11(14)10-15-4/h7,11H,5-6,8-10H2,1-4H3/b13-7+. The summed E-state index contributed by atoms with van der Waals surface area (Å²) in [7, 11) is 1.76. The summed E-state index contributed by atoms with van der Waals surface area (Å²) in [6, 6.07) is 0.487. The van der Waals surface area contributed by atoms with Crippen LogP contribution in [0, 0.1) is 0 Å². The van der Waals surface area contributed by atoms with E-state index in [2.05, 4.69) is 30.9 Å². The molecule has 0 saturated carbocycles. The van der Waals surface area contributed by atoms with E-state index in [1.54, 1.807) is 7.11 Å². The molecule has 16 heavy (non-hydrogen) atoms. The van der Waals surface area contributed by atoms with Crippen molar-refractivity contribution in [2.45, 2.75) is 44.4 Å². The summed E-state index contributed by atoms with van der Waals surface area (Å²) in [6.07, 6.45) is 4.47. The quantitative estimate of drug-likeness (QED) is 0.695. The summed E-state index contributed by atoms with van der Waals surface area (Å²) in [5, 5.41) is 6.71. The van der Waals surface area contributed by atoms with E-state index in [1.165, 1.54) is 12.8 Å². The van der Waals surface area contributed by atoms with Gasteiger partial charge in [0.15, 0.2) is 0 Å². The monoisotopic (exact) mass is 244 g/mol. The van der Waals surface area contributed by atoms with Crippen LogP contribution in [0.1, 0.15) is 33.6 Å². The molecular weight excluding hydrogens is 220 g/mol. The predicted octanol–water partition coefficient (Wildman–Crippen LogP) is 2.61. The maximum Gasteiger partial charge on any atom is 0.0704 e. The van der Waals surface area contributed by atoms with Gasteiger partial charge >= 0.3 is 0 Å². The molecule has 0 bridgehead atoms. The van der Waals surface area contributed by atoms with Crippen LogP contribution in [0.25, 0.3) is 0 Å². The number of nitrogens with zero attached hydrogens (tertiary/aromatic N) is 2. The summed E-state index contributed by atoms with van der Waals surface area (Å²) in [6.45, 7) is 8.56. The molecule has 0 aromatic heterocycles. The molecule has 0 aromatic carbocycles. The van der Waals surface area contributed by atoms with Gasteiger partial charge in [-0.2, -0.15) is 16.9 Å². The van der Waals surface area contributed by atoms with Gasteiger partial charge in [-0.1, -0.05) is 20.8 Å². The number of thioether (sulfide) groups is 1. The smallest absolute Gasteiger partial charge is 0.0704 e. The van der Waals surface area contributed by atoms with Crippen molar-refractivity contribution >= 4 is 18.0 Å². The van der Waals surface area contributed by atoms with Crippen molar-refractivity contribution in [2.75, 3.05) is 26.0 Å². The van der Waals surface area contributed by atoms with E-state index in [0.29, 0.717) is 10.8 Å². The molecule has 1 atom stereocenters. The van der Waals surface area contributed by atoms with Gasteiger partial charge in [0.05, 0.1) is 12.6 Å². The molecule has 3 nitrogen and oxygen atoms in total.